The number of nitrogens with zero attached hydrogens (tertiary/aromatic N) is 1. The molecule has 1 saturated carbocycles. The van der Waals surface area contributed by atoms with Crippen LogP contribution >= 0.6 is 0 Å². The molecule has 1 aliphatic carbocycles. The van der Waals surface area contributed by atoms with Gasteiger partial charge in [0.2, 0.25) is 5.92 Å². The van der Waals surface area contributed by atoms with E-state index in [9.17, 15) is 8.78 Å². The molecule has 0 radical (unpaired) electrons. The number of allylic oxidation sites excluding steroid dienone is 3. The molecule has 4 heteroatoms. The molecule has 0 aromatic heterocycles. The summed E-state index contributed by atoms with van der Waals surface area (Å²) in [4.78, 5) is 4.55. The molecular formula is C28H44F2N2. The molecule has 3 atom stereocenters. The highest BCUT2D eigenvalue weighted by molar-refractivity contribution is 5.80. The average Bonchev–Trinajstić information content (AvgIpc) is 3.59. The molecule has 1 N–H and O–H groups in total. The number of aliphatic imine (C=N–C) groups is 1. The van der Waals surface area contributed by atoms with Crippen LogP contribution in [-0.2, 0) is 0 Å². The summed E-state index contributed by atoms with van der Waals surface area (Å²) in [5.74, 6) is -1.31. The lowest BCUT2D eigenvalue weighted by Gasteiger charge is -2.17. The van der Waals surface area contributed by atoms with Crippen LogP contribution in [0.1, 0.15) is 85.6 Å². The van der Waals surface area contributed by atoms with E-state index in [1.165, 1.54) is 18.9 Å². The second kappa shape index (κ2) is 15.6. The molecule has 0 aliphatic heterocycles. The minimum Gasteiger partial charge on any atom is -0.382 e. The first kappa shape index (κ1) is 29.8. The molecule has 1 aromatic rings. The highest BCUT2D eigenvalue weighted by Crippen LogP contribution is 2.50. The maximum Gasteiger partial charge on any atom is 0.245 e. The van der Waals surface area contributed by atoms with Gasteiger partial charge in [-0.3, -0.25) is 4.99 Å². The number of benzene rings is 1. The van der Waals surface area contributed by atoms with Crippen LogP contribution in [0.3, 0.4) is 0 Å². The molecule has 2 rings (SSSR count). The van der Waals surface area contributed by atoms with Gasteiger partial charge in [-0.05, 0) is 50.7 Å². The van der Waals surface area contributed by atoms with Crippen LogP contribution in [0.5, 0.6) is 0 Å². The summed E-state index contributed by atoms with van der Waals surface area (Å²) in [5, 5.41) is 3.51. The Labute approximate surface area is 195 Å². The van der Waals surface area contributed by atoms with E-state index in [1.54, 1.807) is 0 Å². The van der Waals surface area contributed by atoms with Gasteiger partial charge in [0, 0.05) is 36.0 Å². The van der Waals surface area contributed by atoms with E-state index in [-0.39, 0.29) is 12.5 Å². The summed E-state index contributed by atoms with van der Waals surface area (Å²) >= 11 is 0. The monoisotopic (exact) mass is 446 g/mol. The number of alkyl halides is 2. The van der Waals surface area contributed by atoms with Crippen LogP contribution in [0, 0.1) is 5.92 Å². The van der Waals surface area contributed by atoms with Crippen molar-refractivity contribution in [2.24, 2.45) is 10.9 Å². The zero-order valence-electron chi connectivity index (χ0n) is 21.2. The maximum atomic E-state index is 11.5. The lowest BCUT2D eigenvalue weighted by atomic mass is 10.1. The Kier molecular flexibility index (Phi) is 14.5. The molecule has 0 heterocycles. The molecule has 1 fully saturated rings. The second-order valence-corrected chi connectivity index (χ2v) is 8.04. The Bertz CT molecular complexity index is 730. The molecule has 0 amide bonds. The molecule has 180 valence electrons. The van der Waals surface area contributed by atoms with Gasteiger partial charge in [-0.2, -0.15) is 0 Å². The van der Waals surface area contributed by atoms with E-state index in [0.717, 1.165) is 36.7 Å². The lowest BCUT2D eigenvalue weighted by molar-refractivity contribution is 0.0181. The maximum absolute atomic E-state index is 11.5. The fourth-order valence-electron chi connectivity index (χ4n) is 2.94. The Morgan fingerprint density at radius 2 is 1.78 bits per heavy atom. The van der Waals surface area contributed by atoms with Crippen molar-refractivity contribution < 1.29 is 8.78 Å². The van der Waals surface area contributed by atoms with E-state index in [4.69, 9.17) is 0 Å². The zero-order valence-corrected chi connectivity index (χ0v) is 21.2. The van der Waals surface area contributed by atoms with Crippen LogP contribution in [0.2, 0.25) is 0 Å². The molecule has 0 spiro atoms. The van der Waals surface area contributed by atoms with Crippen LogP contribution in [0.4, 0.5) is 8.78 Å². The van der Waals surface area contributed by atoms with E-state index in [1.807, 2.05) is 27.0 Å². The molecule has 0 saturated heterocycles. The lowest BCUT2D eigenvalue weighted by Crippen LogP contribution is -2.28. The quantitative estimate of drug-likeness (QED) is 0.357. The van der Waals surface area contributed by atoms with Crippen molar-refractivity contribution >= 4 is 6.21 Å². The third-order valence-electron chi connectivity index (χ3n) is 5.28. The molecule has 32 heavy (non-hydrogen) atoms. The van der Waals surface area contributed by atoms with Gasteiger partial charge in [0.05, 0.1) is 0 Å². The number of nitrogens with one attached hydrogen (secondary N) is 1. The number of halogens is 2. The van der Waals surface area contributed by atoms with Gasteiger partial charge in [0.25, 0.3) is 0 Å². The topological polar surface area (TPSA) is 24.4 Å². The van der Waals surface area contributed by atoms with Crippen molar-refractivity contribution in [3.8, 4) is 0 Å². The first-order chi connectivity index (χ1) is 15.1. The Balaban J connectivity index is 0.00000104. The SMILES string of the molecule is C=C(C=N/C(=C\C)CCC)C(C)NC(=C)C1CC1c1ccccc1.CC.CCC(C)(F)F. The smallest absolute Gasteiger partial charge is 0.245 e. The summed E-state index contributed by atoms with van der Waals surface area (Å²) in [6, 6.07) is 10.8. The van der Waals surface area contributed by atoms with Gasteiger partial charge in [-0.25, -0.2) is 8.78 Å². The predicted molar refractivity (Wildman–Crippen MR) is 138 cm³/mol. The van der Waals surface area contributed by atoms with Gasteiger partial charge in [0.15, 0.2) is 0 Å². The van der Waals surface area contributed by atoms with Gasteiger partial charge in [-0.15, -0.1) is 0 Å². The van der Waals surface area contributed by atoms with E-state index in [2.05, 4.69) is 73.7 Å². The van der Waals surface area contributed by atoms with Crippen LogP contribution in [0.25, 0.3) is 0 Å². The number of hydrogen-bond acceptors (Lipinski definition) is 2. The highest BCUT2D eigenvalue weighted by Gasteiger charge is 2.40. The third kappa shape index (κ3) is 12.0. The average molecular weight is 447 g/mol. The first-order valence-corrected chi connectivity index (χ1v) is 11.9. The van der Waals surface area contributed by atoms with E-state index < -0.39 is 5.92 Å². The summed E-state index contributed by atoms with van der Waals surface area (Å²) in [5.41, 5.74) is 4.64. The third-order valence-corrected chi connectivity index (χ3v) is 5.28. The fourth-order valence-corrected chi connectivity index (χ4v) is 2.94. The summed E-state index contributed by atoms with van der Waals surface area (Å²) in [6.45, 7) is 21.1. The molecule has 0 bridgehead atoms. The van der Waals surface area contributed by atoms with Crippen molar-refractivity contribution in [2.45, 2.75) is 92.0 Å². The molecule has 1 aliphatic rings. The van der Waals surface area contributed by atoms with Crippen LogP contribution in [0.15, 0.2) is 71.5 Å². The number of hydrogen-bond donors (Lipinski definition) is 1. The zero-order chi connectivity index (χ0) is 24.7. The normalized spacial score (nSPS) is 18.6. The van der Waals surface area contributed by atoms with Crippen LogP contribution in [-0.4, -0.2) is 18.2 Å². The number of rotatable bonds is 10. The fraction of sp³-hybridized carbons (Fsp3) is 0.536. The van der Waals surface area contributed by atoms with Gasteiger partial charge in [-0.1, -0.05) is 83.7 Å². The Morgan fingerprint density at radius 1 is 1.22 bits per heavy atom. The van der Waals surface area contributed by atoms with Gasteiger partial charge >= 0.3 is 0 Å². The Morgan fingerprint density at radius 3 is 2.25 bits per heavy atom. The molecule has 3 unspecified atom stereocenters. The van der Waals surface area contributed by atoms with Crippen molar-refractivity contribution in [2.75, 3.05) is 0 Å². The molecule has 2 nitrogen and oxygen atoms in total. The Hall–Kier alpha value is -2.23. The van der Waals surface area contributed by atoms with E-state index in [0.29, 0.717) is 11.8 Å². The minimum absolute atomic E-state index is 0.0625. The standard InChI is InChI=1S/C22H30N2.C4H8F2.C2H6/c1-6-11-20(7-2)23-15-16(3)17(4)24-18(5)21-14-22(21)19-12-9-8-10-13-19;1-3-4(2,5)6;1-2/h7-10,12-13,15,17,21-22,24H,3,5-6,11,14H2,1-2,4H3;3H2,1-2H3;1-2H3/b20-7-,23-15?;;. The van der Waals surface area contributed by atoms with Crippen molar-refractivity contribution in [3.63, 3.8) is 0 Å². The highest BCUT2D eigenvalue weighted by atomic mass is 19.3. The van der Waals surface area contributed by atoms with Crippen molar-refractivity contribution in [3.05, 3.63) is 72.1 Å². The summed E-state index contributed by atoms with van der Waals surface area (Å²) < 4.78 is 22.9. The van der Waals surface area contributed by atoms with Crippen LogP contribution < -0.4 is 5.32 Å². The van der Waals surface area contributed by atoms with E-state index >= 15 is 0 Å². The van der Waals surface area contributed by atoms with Crippen molar-refractivity contribution in [1.29, 1.82) is 0 Å². The summed E-state index contributed by atoms with van der Waals surface area (Å²) in [6.07, 6.45) is 7.19. The first-order valence-electron chi connectivity index (χ1n) is 11.9. The largest absolute Gasteiger partial charge is 0.382 e. The second-order valence-electron chi connectivity index (χ2n) is 8.04. The molecular weight excluding hydrogens is 402 g/mol. The van der Waals surface area contributed by atoms with Gasteiger partial charge in [0.1, 0.15) is 0 Å². The van der Waals surface area contributed by atoms with Gasteiger partial charge < -0.3 is 5.32 Å². The van der Waals surface area contributed by atoms with Crippen molar-refractivity contribution in [1.82, 2.24) is 5.32 Å². The summed E-state index contributed by atoms with van der Waals surface area (Å²) in [7, 11) is 0. The minimum atomic E-state index is -2.46. The molecule has 1 aromatic carbocycles. The predicted octanol–water partition coefficient (Wildman–Crippen LogP) is 8.69.